The van der Waals surface area contributed by atoms with E-state index in [1.54, 1.807) is 6.08 Å². The Bertz CT molecular complexity index is 436. The average Bonchev–Trinajstić information content (AvgIpc) is 2.47. The summed E-state index contributed by atoms with van der Waals surface area (Å²) in [5.74, 6) is 0.687. The van der Waals surface area contributed by atoms with Crippen molar-refractivity contribution in [2.45, 2.75) is 18.8 Å². The maximum atomic E-state index is 4.10. The van der Waals surface area contributed by atoms with E-state index in [9.17, 15) is 0 Å². The van der Waals surface area contributed by atoms with Crippen molar-refractivity contribution in [3.05, 3.63) is 73.0 Å². The minimum Gasteiger partial charge on any atom is -0.372 e. The highest BCUT2D eigenvalue weighted by Gasteiger charge is 2.21. The van der Waals surface area contributed by atoms with Gasteiger partial charge in [0.2, 0.25) is 0 Å². The van der Waals surface area contributed by atoms with Gasteiger partial charge in [-0.05, 0) is 29.9 Å². The molecule has 0 saturated carbocycles. The lowest BCUT2D eigenvalue weighted by atomic mass is 9.89. The number of nitrogens with zero attached hydrogens (tertiary/aromatic N) is 1. The molecule has 1 aromatic carbocycles. The number of hydrogen-bond acceptors (Lipinski definition) is 1. The van der Waals surface area contributed by atoms with E-state index >= 15 is 0 Å². The first-order valence-electron chi connectivity index (χ1n) is 6.53. The van der Waals surface area contributed by atoms with Crippen LogP contribution in [0.5, 0.6) is 0 Å². The fraction of sp³-hybridized carbons (Fsp3) is 0.294. The molecule has 1 nitrogen and oxygen atoms in total. The Labute approximate surface area is 110 Å². The maximum absolute atomic E-state index is 4.10. The standard InChI is InChI=1S/C17H21N/c1-4-14(2)15(3)18-12-10-17(11-13-18)16-8-6-5-7-9-16/h4-9,17H,1-3,10-13H2. The molecular formula is C17H21N. The van der Waals surface area contributed by atoms with Gasteiger partial charge in [0, 0.05) is 18.8 Å². The van der Waals surface area contributed by atoms with E-state index in [4.69, 9.17) is 0 Å². The normalized spacial score (nSPS) is 16.3. The van der Waals surface area contributed by atoms with Gasteiger partial charge >= 0.3 is 0 Å². The minimum absolute atomic E-state index is 0.687. The molecule has 0 spiro atoms. The zero-order valence-corrected chi connectivity index (χ0v) is 10.9. The molecular weight excluding hydrogens is 218 g/mol. The monoisotopic (exact) mass is 239 g/mol. The lowest BCUT2D eigenvalue weighted by Gasteiger charge is -2.35. The molecule has 2 rings (SSSR count). The largest absolute Gasteiger partial charge is 0.372 e. The van der Waals surface area contributed by atoms with Crippen LogP contribution in [-0.4, -0.2) is 18.0 Å². The molecule has 94 valence electrons. The maximum Gasteiger partial charge on any atom is 0.0360 e. The third-order valence-electron chi connectivity index (χ3n) is 3.76. The van der Waals surface area contributed by atoms with Gasteiger partial charge in [0.25, 0.3) is 0 Å². The summed E-state index contributed by atoms with van der Waals surface area (Å²) in [6.45, 7) is 13.9. The van der Waals surface area contributed by atoms with Crippen molar-refractivity contribution in [3.8, 4) is 0 Å². The first kappa shape index (κ1) is 12.7. The zero-order valence-electron chi connectivity index (χ0n) is 10.9. The summed E-state index contributed by atoms with van der Waals surface area (Å²) >= 11 is 0. The van der Waals surface area contributed by atoms with E-state index in [1.807, 2.05) is 0 Å². The molecule has 1 aliphatic rings. The molecule has 0 unspecified atom stereocenters. The Morgan fingerprint density at radius 1 is 1.11 bits per heavy atom. The van der Waals surface area contributed by atoms with Gasteiger partial charge in [-0.3, -0.25) is 0 Å². The van der Waals surface area contributed by atoms with E-state index in [-0.39, 0.29) is 0 Å². The molecule has 18 heavy (non-hydrogen) atoms. The smallest absolute Gasteiger partial charge is 0.0360 e. The van der Waals surface area contributed by atoms with Crippen molar-refractivity contribution in [3.63, 3.8) is 0 Å². The van der Waals surface area contributed by atoms with Crippen LogP contribution in [0, 0.1) is 0 Å². The van der Waals surface area contributed by atoms with Gasteiger partial charge in [0.05, 0.1) is 0 Å². The fourth-order valence-electron chi connectivity index (χ4n) is 2.53. The topological polar surface area (TPSA) is 3.24 Å². The van der Waals surface area contributed by atoms with Gasteiger partial charge in [0.1, 0.15) is 0 Å². The predicted octanol–water partition coefficient (Wildman–Crippen LogP) is 4.12. The third kappa shape index (κ3) is 2.73. The van der Waals surface area contributed by atoms with Crippen molar-refractivity contribution in [2.24, 2.45) is 0 Å². The molecule has 1 heterocycles. The van der Waals surface area contributed by atoms with Crippen LogP contribution < -0.4 is 0 Å². The van der Waals surface area contributed by atoms with Crippen LogP contribution in [0.2, 0.25) is 0 Å². The molecule has 1 saturated heterocycles. The van der Waals surface area contributed by atoms with Gasteiger partial charge in [-0.25, -0.2) is 0 Å². The van der Waals surface area contributed by atoms with Crippen molar-refractivity contribution in [1.82, 2.24) is 4.90 Å². The predicted molar refractivity (Wildman–Crippen MR) is 78.5 cm³/mol. The van der Waals surface area contributed by atoms with E-state index in [0.29, 0.717) is 5.92 Å². The number of likely N-dealkylation sites (tertiary alicyclic amines) is 1. The van der Waals surface area contributed by atoms with Crippen LogP contribution >= 0.6 is 0 Å². The second-order valence-corrected chi connectivity index (χ2v) is 4.85. The molecule has 0 aromatic heterocycles. The van der Waals surface area contributed by atoms with Crippen LogP contribution in [0.3, 0.4) is 0 Å². The SMILES string of the molecule is C=CC(=C)C(=C)N1CCC(c2ccccc2)CC1. The minimum atomic E-state index is 0.687. The van der Waals surface area contributed by atoms with Crippen molar-refractivity contribution in [1.29, 1.82) is 0 Å². The van der Waals surface area contributed by atoms with Crippen molar-refractivity contribution < 1.29 is 0 Å². The Hall–Kier alpha value is -1.76. The average molecular weight is 239 g/mol. The van der Waals surface area contributed by atoms with E-state index in [0.717, 1.165) is 24.4 Å². The quantitative estimate of drug-likeness (QED) is 0.714. The summed E-state index contributed by atoms with van der Waals surface area (Å²) in [6, 6.07) is 10.8. The molecule has 0 bridgehead atoms. The molecule has 1 aliphatic heterocycles. The van der Waals surface area contributed by atoms with Gasteiger partial charge in [-0.1, -0.05) is 56.1 Å². The fourth-order valence-corrected chi connectivity index (χ4v) is 2.53. The highest BCUT2D eigenvalue weighted by atomic mass is 15.1. The van der Waals surface area contributed by atoms with E-state index in [2.05, 4.69) is 55.0 Å². The third-order valence-corrected chi connectivity index (χ3v) is 3.76. The van der Waals surface area contributed by atoms with Gasteiger partial charge in [0.15, 0.2) is 0 Å². The number of hydrogen-bond donors (Lipinski definition) is 0. The number of benzene rings is 1. The highest BCUT2D eigenvalue weighted by molar-refractivity contribution is 5.33. The summed E-state index contributed by atoms with van der Waals surface area (Å²) in [4.78, 5) is 2.32. The number of rotatable bonds is 4. The molecule has 0 amide bonds. The summed E-state index contributed by atoms with van der Waals surface area (Å²) < 4.78 is 0. The molecule has 0 atom stereocenters. The van der Waals surface area contributed by atoms with Crippen LogP contribution in [-0.2, 0) is 0 Å². The van der Waals surface area contributed by atoms with Gasteiger partial charge in [-0.2, -0.15) is 0 Å². The lowest BCUT2D eigenvalue weighted by molar-refractivity contribution is 0.269. The first-order chi connectivity index (χ1) is 8.72. The molecule has 1 aromatic rings. The zero-order chi connectivity index (χ0) is 13.0. The van der Waals surface area contributed by atoms with Crippen LogP contribution in [0.1, 0.15) is 24.3 Å². The summed E-state index contributed by atoms with van der Waals surface area (Å²) in [6.07, 6.45) is 4.16. The van der Waals surface area contributed by atoms with E-state index in [1.165, 1.54) is 18.4 Å². The highest BCUT2D eigenvalue weighted by Crippen LogP contribution is 2.30. The Morgan fingerprint density at radius 3 is 2.28 bits per heavy atom. The molecule has 1 fully saturated rings. The van der Waals surface area contributed by atoms with Crippen molar-refractivity contribution >= 4 is 0 Å². The lowest BCUT2D eigenvalue weighted by Crippen LogP contribution is -2.32. The Morgan fingerprint density at radius 2 is 1.72 bits per heavy atom. The Balaban J connectivity index is 1.94. The number of piperidine rings is 1. The number of allylic oxidation sites excluding steroid dienone is 1. The van der Waals surface area contributed by atoms with Crippen LogP contribution in [0.15, 0.2) is 67.4 Å². The van der Waals surface area contributed by atoms with Gasteiger partial charge < -0.3 is 4.90 Å². The summed E-state index contributed by atoms with van der Waals surface area (Å²) in [5, 5.41) is 0. The summed E-state index contributed by atoms with van der Waals surface area (Å²) in [7, 11) is 0. The van der Waals surface area contributed by atoms with E-state index < -0.39 is 0 Å². The van der Waals surface area contributed by atoms with Crippen LogP contribution in [0.4, 0.5) is 0 Å². The van der Waals surface area contributed by atoms with Crippen LogP contribution in [0.25, 0.3) is 0 Å². The molecule has 0 aliphatic carbocycles. The Kier molecular flexibility index (Phi) is 4.03. The second kappa shape index (κ2) is 5.72. The first-order valence-corrected chi connectivity index (χ1v) is 6.53. The van der Waals surface area contributed by atoms with Crippen molar-refractivity contribution in [2.75, 3.05) is 13.1 Å². The summed E-state index contributed by atoms with van der Waals surface area (Å²) in [5.41, 5.74) is 3.43. The van der Waals surface area contributed by atoms with Gasteiger partial charge in [-0.15, -0.1) is 0 Å². The molecule has 0 N–H and O–H groups in total. The molecule has 1 heteroatoms. The second-order valence-electron chi connectivity index (χ2n) is 4.85. The molecule has 0 radical (unpaired) electrons.